The van der Waals surface area contributed by atoms with E-state index in [9.17, 15) is 0 Å². The van der Waals surface area contributed by atoms with Crippen LogP contribution in [0.1, 0.15) is 32.1 Å². The molecule has 4 unspecified atom stereocenters. The van der Waals surface area contributed by atoms with Crippen LogP contribution in [-0.2, 0) is 18.9 Å². The number of epoxide rings is 2. The van der Waals surface area contributed by atoms with E-state index in [1.807, 2.05) is 0 Å². The third kappa shape index (κ3) is 5.38. The average molecular weight is 270 g/mol. The Morgan fingerprint density at radius 3 is 1.58 bits per heavy atom. The minimum atomic E-state index is 0.400. The summed E-state index contributed by atoms with van der Waals surface area (Å²) in [7, 11) is 0. The first-order valence-corrected chi connectivity index (χ1v) is 7.79. The first kappa shape index (κ1) is 13.8. The zero-order chi connectivity index (χ0) is 12.9. The summed E-state index contributed by atoms with van der Waals surface area (Å²) in [5.74, 6) is 1.49. The third-order valence-corrected chi connectivity index (χ3v) is 4.33. The van der Waals surface area contributed by atoms with Crippen LogP contribution in [-0.4, -0.2) is 51.8 Å². The Morgan fingerprint density at radius 2 is 1.16 bits per heavy atom. The Hall–Kier alpha value is -0.160. The summed E-state index contributed by atoms with van der Waals surface area (Å²) in [5, 5.41) is 0. The molecule has 19 heavy (non-hydrogen) atoms. The molecular weight excluding hydrogens is 244 g/mol. The van der Waals surface area contributed by atoms with E-state index >= 15 is 0 Å². The van der Waals surface area contributed by atoms with Crippen molar-refractivity contribution < 1.29 is 18.9 Å². The van der Waals surface area contributed by atoms with Crippen LogP contribution in [0.2, 0.25) is 0 Å². The van der Waals surface area contributed by atoms with Gasteiger partial charge in [-0.15, -0.1) is 0 Å². The second-order valence-corrected chi connectivity index (χ2v) is 6.23. The Balaban J connectivity index is 1.26. The van der Waals surface area contributed by atoms with Gasteiger partial charge in [0.25, 0.3) is 0 Å². The highest BCUT2D eigenvalue weighted by Crippen LogP contribution is 2.28. The maximum absolute atomic E-state index is 5.74. The van der Waals surface area contributed by atoms with E-state index in [1.54, 1.807) is 0 Å². The van der Waals surface area contributed by atoms with Gasteiger partial charge in [-0.3, -0.25) is 0 Å². The van der Waals surface area contributed by atoms with E-state index < -0.39 is 0 Å². The largest absolute Gasteiger partial charge is 0.378 e. The van der Waals surface area contributed by atoms with Crippen molar-refractivity contribution in [2.45, 2.75) is 44.3 Å². The predicted molar refractivity (Wildman–Crippen MR) is 71.2 cm³/mol. The molecule has 4 atom stereocenters. The molecule has 0 aromatic rings. The molecule has 4 nitrogen and oxygen atoms in total. The highest BCUT2D eigenvalue weighted by molar-refractivity contribution is 4.73. The topological polar surface area (TPSA) is 43.5 Å². The number of hydrogen-bond donors (Lipinski definition) is 0. The van der Waals surface area contributed by atoms with Crippen LogP contribution in [0.4, 0.5) is 0 Å². The summed E-state index contributed by atoms with van der Waals surface area (Å²) in [6, 6.07) is 0. The van der Waals surface area contributed by atoms with Crippen LogP contribution in [0, 0.1) is 11.8 Å². The van der Waals surface area contributed by atoms with E-state index in [0.717, 1.165) is 51.5 Å². The van der Waals surface area contributed by atoms with Gasteiger partial charge in [0.1, 0.15) is 12.2 Å². The van der Waals surface area contributed by atoms with Crippen molar-refractivity contribution in [3.8, 4) is 0 Å². The second-order valence-electron chi connectivity index (χ2n) is 6.23. The Morgan fingerprint density at radius 1 is 0.684 bits per heavy atom. The normalized spacial score (nSPS) is 37.9. The van der Waals surface area contributed by atoms with E-state index in [2.05, 4.69) is 0 Å². The standard InChI is InChI=1S/C15H26O4/c1-2-12(6-16-8-14-10-18-14)4-5-13(3-1)7-17-9-15-11-19-15/h12-15H,1-11H2. The number of ether oxygens (including phenoxy) is 4. The molecule has 3 aliphatic rings. The molecule has 2 aliphatic heterocycles. The van der Waals surface area contributed by atoms with Crippen LogP contribution in [0.25, 0.3) is 0 Å². The molecule has 0 N–H and O–H groups in total. The van der Waals surface area contributed by atoms with Crippen LogP contribution < -0.4 is 0 Å². The fourth-order valence-electron chi connectivity index (χ4n) is 2.85. The Labute approximate surface area is 115 Å². The lowest BCUT2D eigenvalue weighted by atomic mass is 9.99. The lowest BCUT2D eigenvalue weighted by Crippen LogP contribution is -2.13. The molecule has 1 aliphatic carbocycles. The molecule has 0 amide bonds. The molecule has 3 rings (SSSR count). The fourth-order valence-corrected chi connectivity index (χ4v) is 2.85. The molecule has 2 saturated heterocycles. The summed E-state index contributed by atoms with van der Waals surface area (Å²) < 4.78 is 21.8. The predicted octanol–water partition coefficient (Wildman–Crippen LogP) is 2.01. The van der Waals surface area contributed by atoms with Gasteiger partial charge in [-0.1, -0.05) is 6.42 Å². The van der Waals surface area contributed by atoms with Gasteiger partial charge in [0.2, 0.25) is 0 Å². The molecule has 2 heterocycles. The molecule has 0 aromatic heterocycles. The van der Waals surface area contributed by atoms with E-state index in [1.165, 1.54) is 32.1 Å². The maximum Gasteiger partial charge on any atom is 0.104 e. The molecule has 0 bridgehead atoms. The first-order chi connectivity index (χ1) is 9.40. The summed E-state index contributed by atoms with van der Waals surface area (Å²) in [6.07, 6.45) is 7.33. The van der Waals surface area contributed by atoms with Crippen LogP contribution in [0.5, 0.6) is 0 Å². The van der Waals surface area contributed by atoms with Gasteiger partial charge < -0.3 is 18.9 Å². The smallest absolute Gasteiger partial charge is 0.104 e. The Kier molecular flexibility index (Phi) is 5.10. The molecule has 4 heteroatoms. The van der Waals surface area contributed by atoms with Crippen molar-refractivity contribution in [2.75, 3.05) is 39.6 Å². The van der Waals surface area contributed by atoms with Gasteiger partial charge in [-0.05, 0) is 37.5 Å². The van der Waals surface area contributed by atoms with Crippen molar-refractivity contribution in [1.29, 1.82) is 0 Å². The van der Waals surface area contributed by atoms with E-state index in [4.69, 9.17) is 18.9 Å². The van der Waals surface area contributed by atoms with E-state index in [-0.39, 0.29) is 0 Å². The third-order valence-electron chi connectivity index (χ3n) is 4.33. The van der Waals surface area contributed by atoms with Crippen molar-refractivity contribution >= 4 is 0 Å². The fraction of sp³-hybridized carbons (Fsp3) is 1.00. The van der Waals surface area contributed by atoms with Gasteiger partial charge in [0, 0.05) is 13.2 Å². The van der Waals surface area contributed by atoms with Gasteiger partial charge in [-0.25, -0.2) is 0 Å². The zero-order valence-electron chi connectivity index (χ0n) is 11.7. The molecule has 0 aromatic carbocycles. The highest BCUT2D eigenvalue weighted by Gasteiger charge is 2.25. The zero-order valence-corrected chi connectivity index (χ0v) is 11.7. The van der Waals surface area contributed by atoms with Crippen LogP contribution in [0.3, 0.4) is 0 Å². The molecule has 110 valence electrons. The summed E-state index contributed by atoms with van der Waals surface area (Å²) in [5.41, 5.74) is 0. The summed E-state index contributed by atoms with van der Waals surface area (Å²) >= 11 is 0. The van der Waals surface area contributed by atoms with Crippen LogP contribution in [0.15, 0.2) is 0 Å². The second kappa shape index (κ2) is 7.02. The minimum absolute atomic E-state index is 0.400. The van der Waals surface area contributed by atoms with Crippen molar-refractivity contribution in [2.24, 2.45) is 11.8 Å². The summed E-state index contributed by atoms with van der Waals surface area (Å²) in [6.45, 7) is 5.23. The van der Waals surface area contributed by atoms with E-state index in [0.29, 0.717) is 12.2 Å². The SMILES string of the molecule is C1CC(COCC2CO2)CCC(COCC2CO2)C1. The lowest BCUT2D eigenvalue weighted by molar-refractivity contribution is 0.0734. The van der Waals surface area contributed by atoms with Gasteiger partial charge >= 0.3 is 0 Å². The lowest BCUT2D eigenvalue weighted by Gasteiger charge is -2.15. The van der Waals surface area contributed by atoms with Gasteiger partial charge in [0.05, 0.1) is 26.4 Å². The molecular formula is C15H26O4. The Bertz CT molecular complexity index is 237. The van der Waals surface area contributed by atoms with Crippen molar-refractivity contribution in [1.82, 2.24) is 0 Å². The van der Waals surface area contributed by atoms with Gasteiger partial charge in [0.15, 0.2) is 0 Å². The molecule has 0 radical (unpaired) electrons. The minimum Gasteiger partial charge on any atom is -0.378 e. The maximum atomic E-state index is 5.74. The first-order valence-electron chi connectivity index (χ1n) is 7.79. The molecule has 0 spiro atoms. The summed E-state index contributed by atoms with van der Waals surface area (Å²) in [4.78, 5) is 0. The van der Waals surface area contributed by atoms with Gasteiger partial charge in [-0.2, -0.15) is 0 Å². The monoisotopic (exact) mass is 270 g/mol. The highest BCUT2D eigenvalue weighted by atomic mass is 16.6. The quantitative estimate of drug-likeness (QED) is 0.500. The molecule has 1 saturated carbocycles. The molecule has 3 fully saturated rings. The average Bonchev–Trinajstić information content (AvgIpc) is 3.28. The van der Waals surface area contributed by atoms with Crippen LogP contribution >= 0.6 is 0 Å². The van der Waals surface area contributed by atoms with Crippen molar-refractivity contribution in [3.63, 3.8) is 0 Å². The number of rotatable bonds is 8. The number of hydrogen-bond acceptors (Lipinski definition) is 4. The van der Waals surface area contributed by atoms with Crippen molar-refractivity contribution in [3.05, 3.63) is 0 Å².